The highest BCUT2D eigenvalue weighted by Gasteiger charge is 2.24. The first-order valence-electron chi connectivity index (χ1n) is 12.8. The van der Waals surface area contributed by atoms with Gasteiger partial charge in [0.2, 0.25) is 0 Å². The lowest BCUT2D eigenvalue weighted by molar-refractivity contribution is -0.134. The molecule has 1 heterocycles. The lowest BCUT2D eigenvalue weighted by Crippen LogP contribution is -2.45. The van der Waals surface area contributed by atoms with Crippen molar-refractivity contribution in [1.82, 2.24) is 9.80 Å². The van der Waals surface area contributed by atoms with Crippen LogP contribution in [0.4, 0.5) is 23.2 Å². The molecule has 0 atom stereocenters. The van der Waals surface area contributed by atoms with Crippen LogP contribution in [0.3, 0.4) is 0 Å². The van der Waals surface area contributed by atoms with Crippen LogP contribution in [0.1, 0.15) is 25.7 Å². The van der Waals surface area contributed by atoms with Gasteiger partial charge >= 0.3 is 11.9 Å². The number of likely N-dealkylation sites (tertiary alicyclic amines) is 1. The van der Waals surface area contributed by atoms with Gasteiger partial charge in [0, 0.05) is 44.4 Å². The Bertz CT molecular complexity index is 1190. The summed E-state index contributed by atoms with van der Waals surface area (Å²) in [7, 11) is 1.92. The summed E-state index contributed by atoms with van der Waals surface area (Å²) in [5, 5.41) is 16.2. The van der Waals surface area contributed by atoms with Crippen LogP contribution in [0.5, 0.6) is 5.75 Å². The Kier molecular flexibility index (Phi) is 14.2. The second-order valence-electron chi connectivity index (χ2n) is 8.99. The van der Waals surface area contributed by atoms with Gasteiger partial charge in [0.25, 0.3) is 0 Å². The molecule has 0 saturated carbocycles. The zero-order valence-corrected chi connectivity index (χ0v) is 23.6. The molecule has 0 amide bonds. The number of amidine groups is 1. The van der Waals surface area contributed by atoms with Crippen LogP contribution < -0.4 is 4.74 Å². The number of aliphatic carboxylic acids is 2. The molecule has 41 heavy (non-hydrogen) atoms. The van der Waals surface area contributed by atoms with Gasteiger partial charge in [-0.3, -0.25) is 0 Å². The summed E-state index contributed by atoms with van der Waals surface area (Å²) in [5.41, 5.74) is -0.253. The number of hydrogen-bond donors (Lipinski definition) is 2. The van der Waals surface area contributed by atoms with E-state index in [-0.39, 0.29) is 11.7 Å². The topological polar surface area (TPSA) is 103 Å². The summed E-state index contributed by atoms with van der Waals surface area (Å²) in [6.07, 6.45) is 6.59. The van der Waals surface area contributed by atoms with Gasteiger partial charge in [-0.05, 0) is 62.7 Å². The Morgan fingerprint density at radius 1 is 1.00 bits per heavy atom. The number of carboxylic acids is 2. The van der Waals surface area contributed by atoms with E-state index in [0.717, 1.165) is 57.5 Å². The lowest BCUT2D eigenvalue weighted by atomic mass is 10.0. The SMILES string of the molecule is CSC(=Nc1c(F)cccc1F)N(C)C1CCN(CCCCOc2ccc(F)c(F)c2)CC1.O=C(O)C=CC(=O)O. The lowest BCUT2D eigenvalue weighted by Gasteiger charge is -2.37. The summed E-state index contributed by atoms with van der Waals surface area (Å²) < 4.78 is 59.6. The minimum atomic E-state index is -1.26. The minimum absolute atomic E-state index is 0.249. The minimum Gasteiger partial charge on any atom is -0.493 e. The number of halogens is 4. The van der Waals surface area contributed by atoms with Crippen molar-refractivity contribution in [1.29, 1.82) is 0 Å². The molecule has 0 aromatic heterocycles. The number of carbonyl (C=O) groups is 2. The van der Waals surface area contributed by atoms with E-state index in [9.17, 15) is 27.2 Å². The van der Waals surface area contributed by atoms with Crippen LogP contribution in [0.15, 0.2) is 53.5 Å². The van der Waals surface area contributed by atoms with E-state index in [4.69, 9.17) is 14.9 Å². The van der Waals surface area contributed by atoms with E-state index in [1.165, 1.54) is 36.0 Å². The molecule has 1 aliphatic heterocycles. The third-order valence-corrected chi connectivity index (χ3v) is 6.88. The van der Waals surface area contributed by atoms with Gasteiger partial charge in [-0.1, -0.05) is 17.8 Å². The third kappa shape index (κ3) is 11.8. The number of hydrogen-bond acceptors (Lipinski definition) is 6. The van der Waals surface area contributed by atoms with Crippen molar-refractivity contribution < 1.29 is 42.1 Å². The number of aliphatic imine (C=N–C) groups is 1. The monoisotopic (exact) mass is 599 g/mol. The molecule has 224 valence electrons. The van der Waals surface area contributed by atoms with Gasteiger partial charge in [0.05, 0.1) is 6.61 Å². The van der Waals surface area contributed by atoms with Crippen molar-refractivity contribution in [3.8, 4) is 5.75 Å². The van der Waals surface area contributed by atoms with Crippen LogP contribution in [0.2, 0.25) is 0 Å². The molecule has 2 N–H and O–H groups in total. The predicted octanol–water partition coefficient (Wildman–Crippen LogP) is 5.56. The van der Waals surface area contributed by atoms with Crippen LogP contribution >= 0.6 is 11.8 Å². The fourth-order valence-electron chi connectivity index (χ4n) is 3.98. The number of rotatable bonds is 10. The maximum atomic E-state index is 14.0. The maximum absolute atomic E-state index is 14.0. The second kappa shape index (κ2) is 17.3. The summed E-state index contributed by atoms with van der Waals surface area (Å²) in [5.74, 6) is -5.31. The number of thioether (sulfide) groups is 1. The Morgan fingerprint density at radius 3 is 2.15 bits per heavy atom. The number of carboxylic acid groups (broad SMARTS) is 2. The molecule has 3 rings (SSSR count). The normalized spacial score (nSPS) is 14.4. The Hall–Kier alpha value is -3.58. The highest BCUT2D eigenvalue weighted by molar-refractivity contribution is 8.13. The standard InChI is InChI=1S/C24H29F4N3OS.C4H4O4/c1-30(24(33-2)29-23-20(26)6-5-7-21(23)27)17-10-13-31(14-11-17)12-3-4-15-32-18-8-9-19(25)22(28)16-18;5-3(6)1-2-4(7)8/h5-9,16-17H,3-4,10-15H2,1-2H3;1-2H,(H,5,6)(H,7,8). The van der Waals surface area contributed by atoms with E-state index >= 15 is 0 Å². The zero-order valence-electron chi connectivity index (χ0n) is 22.7. The number of piperidine rings is 1. The van der Waals surface area contributed by atoms with Crippen LogP contribution in [0, 0.1) is 23.3 Å². The smallest absolute Gasteiger partial charge is 0.328 e. The Balaban J connectivity index is 0.000000642. The molecule has 2 aromatic carbocycles. The highest BCUT2D eigenvalue weighted by atomic mass is 32.2. The molecule has 0 spiro atoms. The summed E-state index contributed by atoms with van der Waals surface area (Å²) in [4.78, 5) is 27.8. The number of benzene rings is 2. The fraction of sp³-hybridized carbons (Fsp3) is 0.393. The van der Waals surface area contributed by atoms with Crippen molar-refractivity contribution in [2.24, 2.45) is 4.99 Å². The Morgan fingerprint density at radius 2 is 1.61 bits per heavy atom. The molecule has 0 aliphatic carbocycles. The fourth-order valence-corrected chi connectivity index (χ4v) is 4.60. The number of nitrogens with zero attached hydrogens (tertiary/aromatic N) is 3. The van der Waals surface area contributed by atoms with Crippen LogP contribution in [0.25, 0.3) is 0 Å². The zero-order chi connectivity index (χ0) is 30.4. The molecule has 1 saturated heterocycles. The molecule has 2 aromatic rings. The van der Waals surface area contributed by atoms with E-state index in [2.05, 4.69) is 9.89 Å². The van der Waals surface area contributed by atoms with Crippen molar-refractivity contribution in [2.45, 2.75) is 31.7 Å². The quantitative estimate of drug-likeness (QED) is 0.120. The second-order valence-corrected chi connectivity index (χ2v) is 9.77. The third-order valence-electron chi connectivity index (χ3n) is 6.13. The van der Waals surface area contributed by atoms with Crippen LogP contribution in [-0.4, -0.2) is 82.7 Å². The number of para-hydroxylation sites is 1. The van der Waals surface area contributed by atoms with E-state index < -0.39 is 35.2 Å². The van der Waals surface area contributed by atoms with Crippen molar-refractivity contribution in [3.05, 3.63) is 71.8 Å². The summed E-state index contributed by atoms with van der Waals surface area (Å²) >= 11 is 1.37. The summed E-state index contributed by atoms with van der Waals surface area (Å²) in [6.45, 7) is 3.23. The molecule has 8 nitrogen and oxygen atoms in total. The van der Waals surface area contributed by atoms with E-state index in [1.807, 2.05) is 18.2 Å². The summed E-state index contributed by atoms with van der Waals surface area (Å²) in [6, 6.07) is 7.54. The predicted molar refractivity (Wildman–Crippen MR) is 150 cm³/mol. The first-order chi connectivity index (χ1) is 19.5. The average Bonchev–Trinajstić information content (AvgIpc) is 2.94. The van der Waals surface area contributed by atoms with Gasteiger partial charge < -0.3 is 24.7 Å². The average molecular weight is 600 g/mol. The maximum Gasteiger partial charge on any atom is 0.328 e. The van der Waals surface area contributed by atoms with Crippen molar-refractivity contribution >= 4 is 34.6 Å². The number of unbranched alkanes of at least 4 members (excludes halogenated alkanes) is 1. The molecule has 0 bridgehead atoms. The molecule has 0 radical (unpaired) electrons. The first kappa shape index (κ1) is 33.6. The van der Waals surface area contributed by atoms with E-state index in [0.29, 0.717) is 29.7 Å². The largest absolute Gasteiger partial charge is 0.493 e. The van der Waals surface area contributed by atoms with Gasteiger partial charge in [0.15, 0.2) is 28.4 Å². The Labute approximate surface area is 240 Å². The molecule has 13 heteroatoms. The van der Waals surface area contributed by atoms with Crippen LogP contribution in [-0.2, 0) is 9.59 Å². The number of ether oxygens (including phenoxy) is 1. The van der Waals surface area contributed by atoms with Gasteiger partial charge in [-0.25, -0.2) is 32.1 Å². The van der Waals surface area contributed by atoms with Gasteiger partial charge in [0.1, 0.15) is 11.4 Å². The van der Waals surface area contributed by atoms with E-state index in [1.54, 1.807) is 0 Å². The molecular weight excluding hydrogens is 566 g/mol. The van der Waals surface area contributed by atoms with Crippen molar-refractivity contribution in [2.75, 3.05) is 39.5 Å². The van der Waals surface area contributed by atoms with Crippen molar-refractivity contribution in [3.63, 3.8) is 0 Å². The molecule has 1 aliphatic rings. The molecular formula is C28H33F4N3O5S. The van der Waals surface area contributed by atoms with Gasteiger partial charge in [-0.2, -0.15) is 0 Å². The molecule has 0 unspecified atom stereocenters. The first-order valence-corrected chi connectivity index (χ1v) is 14.0. The molecule has 1 fully saturated rings. The van der Waals surface area contributed by atoms with Gasteiger partial charge in [-0.15, -0.1) is 0 Å². The highest BCUT2D eigenvalue weighted by Crippen LogP contribution is 2.26.